The molecule has 0 heterocycles. The molecule has 0 unspecified atom stereocenters. The lowest BCUT2D eigenvalue weighted by Gasteiger charge is -2.34. The van der Waals surface area contributed by atoms with Crippen molar-refractivity contribution >= 4 is 0 Å². The first kappa shape index (κ1) is 16.6. The molecular weight excluding hydrogens is 248 g/mol. The molecule has 0 aliphatic rings. The summed E-state index contributed by atoms with van der Waals surface area (Å²) in [4.78, 5) is 2.32. The number of hydrogen-bond donors (Lipinski definition) is 1. The number of benzene rings is 1. The van der Waals surface area contributed by atoms with Crippen molar-refractivity contribution in [3.8, 4) is 17.6 Å². The second-order valence-electron chi connectivity index (χ2n) is 5.47. The lowest BCUT2D eigenvalue weighted by molar-refractivity contribution is 0.125. The third kappa shape index (κ3) is 5.24. The molecule has 110 valence electrons. The molecule has 0 aliphatic heterocycles. The van der Waals surface area contributed by atoms with Gasteiger partial charge >= 0.3 is 0 Å². The van der Waals surface area contributed by atoms with Crippen molar-refractivity contribution in [1.82, 2.24) is 4.90 Å². The summed E-state index contributed by atoms with van der Waals surface area (Å²) in [6, 6.07) is 7.82. The summed E-state index contributed by atoms with van der Waals surface area (Å²) in [5, 5.41) is 0. The minimum atomic E-state index is 0.206. The number of nitrogens with zero attached hydrogens (tertiary/aromatic N) is 1. The first-order valence-corrected chi connectivity index (χ1v) is 7.12. The Labute approximate surface area is 123 Å². The fourth-order valence-corrected chi connectivity index (χ4v) is 1.69. The summed E-state index contributed by atoms with van der Waals surface area (Å²) in [5.41, 5.74) is 6.52. The Balaban J connectivity index is 2.50. The van der Waals surface area contributed by atoms with Crippen LogP contribution in [0.3, 0.4) is 0 Å². The van der Waals surface area contributed by atoms with Crippen LogP contribution in [-0.2, 0) is 0 Å². The Bertz CT molecular complexity index is 471. The van der Waals surface area contributed by atoms with Gasteiger partial charge in [0.15, 0.2) is 0 Å². The Hall–Kier alpha value is -1.50. The van der Waals surface area contributed by atoms with Crippen LogP contribution >= 0.6 is 0 Å². The molecule has 0 radical (unpaired) electrons. The molecule has 3 nitrogen and oxygen atoms in total. The van der Waals surface area contributed by atoms with E-state index in [-0.39, 0.29) is 5.54 Å². The van der Waals surface area contributed by atoms with E-state index in [1.54, 1.807) is 0 Å². The third-order valence-corrected chi connectivity index (χ3v) is 3.76. The zero-order valence-corrected chi connectivity index (χ0v) is 13.1. The molecule has 2 N–H and O–H groups in total. The molecule has 0 bridgehead atoms. The van der Waals surface area contributed by atoms with Crippen LogP contribution in [0.4, 0.5) is 0 Å². The normalized spacial score (nSPS) is 11.1. The number of nitrogens with two attached hydrogens (primary N) is 1. The summed E-state index contributed by atoms with van der Waals surface area (Å²) in [7, 11) is 2.13. The number of rotatable bonds is 6. The van der Waals surface area contributed by atoms with E-state index in [2.05, 4.69) is 44.6 Å². The molecule has 20 heavy (non-hydrogen) atoms. The first-order chi connectivity index (χ1) is 9.49. The first-order valence-electron chi connectivity index (χ1n) is 7.12. The highest BCUT2D eigenvalue weighted by Crippen LogP contribution is 2.16. The molecular formula is C17H26N2O. The number of likely N-dealkylation sites (N-methyl/N-ethyl adjacent to an activating group) is 1. The topological polar surface area (TPSA) is 38.5 Å². The molecule has 1 rings (SSSR count). The quantitative estimate of drug-likeness (QED) is 0.810. The largest absolute Gasteiger partial charge is 0.492 e. The minimum Gasteiger partial charge on any atom is -0.492 e. The molecule has 1 aromatic carbocycles. The zero-order chi connectivity index (χ0) is 15.0. The van der Waals surface area contributed by atoms with Gasteiger partial charge in [-0.2, -0.15) is 0 Å². The highest BCUT2D eigenvalue weighted by atomic mass is 16.5. The van der Waals surface area contributed by atoms with Crippen molar-refractivity contribution in [2.75, 3.05) is 26.7 Å². The van der Waals surface area contributed by atoms with E-state index in [0.717, 1.165) is 24.3 Å². The molecule has 0 atom stereocenters. The summed E-state index contributed by atoms with van der Waals surface area (Å²) in [6.45, 7) is 8.65. The van der Waals surface area contributed by atoms with Crippen LogP contribution in [0.25, 0.3) is 0 Å². The predicted molar refractivity (Wildman–Crippen MR) is 84.9 cm³/mol. The molecule has 3 heteroatoms. The van der Waals surface area contributed by atoms with Gasteiger partial charge in [0.05, 0.1) is 6.54 Å². The van der Waals surface area contributed by atoms with E-state index in [1.165, 1.54) is 0 Å². The van der Waals surface area contributed by atoms with Crippen molar-refractivity contribution in [3.63, 3.8) is 0 Å². The van der Waals surface area contributed by atoms with E-state index in [9.17, 15) is 0 Å². The Kier molecular flexibility index (Phi) is 6.57. The molecule has 0 spiro atoms. The van der Waals surface area contributed by atoms with Gasteiger partial charge in [0, 0.05) is 17.6 Å². The van der Waals surface area contributed by atoms with Crippen molar-refractivity contribution in [3.05, 3.63) is 29.8 Å². The maximum atomic E-state index is 5.80. The Morgan fingerprint density at radius 1 is 1.35 bits per heavy atom. The monoisotopic (exact) mass is 274 g/mol. The average molecular weight is 274 g/mol. The van der Waals surface area contributed by atoms with Crippen molar-refractivity contribution < 1.29 is 4.74 Å². The van der Waals surface area contributed by atoms with Gasteiger partial charge in [-0.1, -0.05) is 24.8 Å². The smallest absolute Gasteiger partial charge is 0.120 e. The van der Waals surface area contributed by atoms with E-state index in [1.807, 2.05) is 24.3 Å². The molecule has 0 saturated heterocycles. The van der Waals surface area contributed by atoms with Gasteiger partial charge in [-0.15, -0.1) is 0 Å². The Morgan fingerprint density at radius 3 is 2.75 bits per heavy atom. The SMILES string of the molecule is CCC(C)(C)N(C)CCOc1cccc(C#CCN)c1. The maximum absolute atomic E-state index is 5.80. The van der Waals surface area contributed by atoms with E-state index >= 15 is 0 Å². The Morgan fingerprint density at radius 2 is 2.10 bits per heavy atom. The fraction of sp³-hybridized carbons (Fsp3) is 0.529. The third-order valence-electron chi connectivity index (χ3n) is 3.76. The van der Waals surface area contributed by atoms with Crippen LogP contribution in [0.2, 0.25) is 0 Å². The maximum Gasteiger partial charge on any atom is 0.120 e. The van der Waals surface area contributed by atoms with Crippen LogP contribution in [0.1, 0.15) is 32.8 Å². The summed E-state index contributed by atoms with van der Waals surface area (Å²) < 4.78 is 5.80. The summed E-state index contributed by atoms with van der Waals surface area (Å²) in [6.07, 6.45) is 1.12. The van der Waals surface area contributed by atoms with Crippen molar-refractivity contribution in [1.29, 1.82) is 0 Å². The van der Waals surface area contributed by atoms with E-state index < -0.39 is 0 Å². The van der Waals surface area contributed by atoms with Crippen LogP contribution in [-0.4, -0.2) is 37.2 Å². The molecule has 0 saturated carbocycles. The van der Waals surface area contributed by atoms with Crippen LogP contribution in [0.15, 0.2) is 24.3 Å². The van der Waals surface area contributed by atoms with E-state index in [4.69, 9.17) is 10.5 Å². The highest BCUT2D eigenvalue weighted by molar-refractivity contribution is 5.39. The van der Waals surface area contributed by atoms with Crippen molar-refractivity contribution in [2.24, 2.45) is 5.73 Å². The second-order valence-corrected chi connectivity index (χ2v) is 5.47. The second kappa shape index (κ2) is 7.94. The molecule has 0 amide bonds. The van der Waals surface area contributed by atoms with Gasteiger partial charge in [-0.3, -0.25) is 4.90 Å². The van der Waals surface area contributed by atoms with Crippen LogP contribution < -0.4 is 10.5 Å². The molecule has 0 aliphatic carbocycles. The summed E-state index contributed by atoms with van der Waals surface area (Å²) >= 11 is 0. The van der Waals surface area contributed by atoms with Crippen LogP contribution in [0, 0.1) is 11.8 Å². The highest BCUT2D eigenvalue weighted by Gasteiger charge is 2.20. The number of ether oxygens (including phenoxy) is 1. The van der Waals surface area contributed by atoms with Gasteiger partial charge in [0.2, 0.25) is 0 Å². The van der Waals surface area contributed by atoms with Gasteiger partial charge in [-0.05, 0) is 45.5 Å². The zero-order valence-electron chi connectivity index (χ0n) is 13.1. The van der Waals surface area contributed by atoms with Crippen LogP contribution in [0.5, 0.6) is 5.75 Å². The van der Waals surface area contributed by atoms with Gasteiger partial charge in [0.25, 0.3) is 0 Å². The minimum absolute atomic E-state index is 0.206. The molecule has 1 aromatic rings. The lowest BCUT2D eigenvalue weighted by Crippen LogP contribution is -2.42. The summed E-state index contributed by atoms with van der Waals surface area (Å²) in [5.74, 6) is 6.72. The number of hydrogen-bond acceptors (Lipinski definition) is 3. The standard InChI is InChI=1S/C17H26N2O/c1-5-17(2,3)19(4)12-13-20-16-10-6-8-15(14-16)9-7-11-18/h6,8,10,14H,5,11-13,18H2,1-4H3. The van der Waals surface area contributed by atoms with Crippen molar-refractivity contribution in [2.45, 2.75) is 32.7 Å². The predicted octanol–water partition coefficient (Wildman–Crippen LogP) is 2.50. The molecule has 0 fully saturated rings. The van der Waals surface area contributed by atoms with Gasteiger partial charge in [-0.25, -0.2) is 0 Å². The van der Waals surface area contributed by atoms with Gasteiger partial charge < -0.3 is 10.5 Å². The van der Waals surface area contributed by atoms with Gasteiger partial charge in [0.1, 0.15) is 12.4 Å². The molecule has 0 aromatic heterocycles. The fourth-order valence-electron chi connectivity index (χ4n) is 1.69. The lowest BCUT2D eigenvalue weighted by atomic mass is 10.0. The van der Waals surface area contributed by atoms with E-state index in [0.29, 0.717) is 13.2 Å². The average Bonchev–Trinajstić information content (AvgIpc) is 2.45.